The Morgan fingerprint density at radius 1 is 1.85 bits per heavy atom. The van der Waals surface area contributed by atoms with Crippen molar-refractivity contribution in [3.63, 3.8) is 0 Å². The minimum atomic E-state index is -0.341. The summed E-state index contributed by atoms with van der Waals surface area (Å²) in [6.07, 6.45) is 0. The Morgan fingerprint density at radius 3 is 3.00 bits per heavy atom. The Bertz CT molecular complexity index is 367. The highest BCUT2D eigenvalue weighted by molar-refractivity contribution is 14.1. The molecule has 0 amide bonds. The molecule has 1 rings (SSSR count). The van der Waals surface area contributed by atoms with E-state index in [9.17, 15) is 4.79 Å². The van der Waals surface area contributed by atoms with Crippen molar-refractivity contribution in [2.45, 2.75) is 6.92 Å². The second kappa shape index (κ2) is 4.58. The van der Waals surface area contributed by atoms with Crippen LogP contribution >= 0.6 is 33.9 Å². The molecule has 0 fully saturated rings. The molecule has 0 aliphatic rings. The predicted molar refractivity (Wildman–Crippen MR) is 59.3 cm³/mol. The standard InChI is InChI=1S/C8H6INO2S/c1-3-12-8(11)7-6(9)5(10-2)4-13-7/h4H,3H2,1H3. The first-order valence-electron chi connectivity index (χ1n) is 3.52. The van der Waals surface area contributed by atoms with Crippen molar-refractivity contribution >= 4 is 45.6 Å². The lowest BCUT2D eigenvalue weighted by Gasteiger charge is -1.98. The summed E-state index contributed by atoms with van der Waals surface area (Å²) < 4.78 is 5.52. The summed E-state index contributed by atoms with van der Waals surface area (Å²) in [6, 6.07) is 0. The summed E-state index contributed by atoms with van der Waals surface area (Å²) in [5.74, 6) is -0.341. The van der Waals surface area contributed by atoms with Crippen molar-refractivity contribution < 1.29 is 9.53 Å². The van der Waals surface area contributed by atoms with Gasteiger partial charge in [-0.25, -0.2) is 9.64 Å². The Morgan fingerprint density at radius 2 is 2.54 bits per heavy atom. The van der Waals surface area contributed by atoms with E-state index in [1.807, 2.05) is 22.6 Å². The zero-order valence-corrected chi connectivity index (χ0v) is 9.81. The van der Waals surface area contributed by atoms with Gasteiger partial charge in [-0.15, -0.1) is 11.3 Å². The molecule has 0 saturated heterocycles. The molecule has 0 aromatic carbocycles. The highest BCUT2D eigenvalue weighted by atomic mass is 127. The number of nitrogens with zero attached hydrogens (tertiary/aromatic N) is 1. The van der Waals surface area contributed by atoms with Crippen LogP contribution in [0.4, 0.5) is 5.69 Å². The van der Waals surface area contributed by atoms with E-state index in [1.54, 1.807) is 12.3 Å². The van der Waals surface area contributed by atoms with Crippen LogP contribution in [0.5, 0.6) is 0 Å². The second-order valence-electron chi connectivity index (χ2n) is 2.10. The van der Waals surface area contributed by atoms with Gasteiger partial charge in [0.25, 0.3) is 0 Å². The molecule has 0 atom stereocenters. The molecule has 0 radical (unpaired) electrons. The van der Waals surface area contributed by atoms with Gasteiger partial charge in [-0.2, -0.15) is 0 Å². The number of carbonyl (C=O) groups excluding carboxylic acids is 1. The van der Waals surface area contributed by atoms with E-state index in [1.165, 1.54) is 11.3 Å². The van der Waals surface area contributed by atoms with Gasteiger partial charge < -0.3 is 4.74 Å². The van der Waals surface area contributed by atoms with Crippen LogP contribution in [0, 0.1) is 10.1 Å². The monoisotopic (exact) mass is 307 g/mol. The number of thiophene rings is 1. The molecule has 0 bridgehead atoms. The summed E-state index contributed by atoms with van der Waals surface area (Å²) in [5, 5.41) is 1.67. The largest absolute Gasteiger partial charge is 0.462 e. The molecule has 68 valence electrons. The van der Waals surface area contributed by atoms with E-state index in [4.69, 9.17) is 11.3 Å². The minimum absolute atomic E-state index is 0.341. The summed E-state index contributed by atoms with van der Waals surface area (Å²) in [4.78, 5) is 15.1. The van der Waals surface area contributed by atoms with Crippen LogP contribution in [-0.4, -0.2) is 12.6 Å². The van der Waals surface area contributed by atoms with Crippen LogP contribution in [0.15, 0.2) is 5.38 Å². The highest BCUT2D eigenvalue weighted by Gasteiger charge is 2.16. The van der Waals surface area contributed by atoms with Gasteiger partial charge in [-0.3, -0.25) is 0 Å². The fourth-order valence-electron chi connectivity index (χ4n) is 0.744. The quantitative estimate of drug-likeness (QED) is 0.477. The van der Waals surface area contributed by atoms with Crippen LogP contribution in [0.2, 0.25) is 0 Å². The number of esters is 1. The van der Waals surface area contributed by atoms with Crippen LogP contribution in [0.1, 0.15) is 16.6 Å². The maximum atomic E-state index is 11.3. The molecule has 0 unspecified atom stereocenters. The molecule has 0 N–H and O–H groups in total. The first kappa shape index (κ1) is 10.5. The highest BCUT2D eigenvalue weighted by Crippen LogP contribution is 2.31. The number of carbonyl (C=O) groups is 1. The van der Waals surface area contributed by atoms with Crippen molar-refractivity contribution in [2.24, 2.45) is 0 Å². The number of halogens is 1. The molecule has 5 heteroatoms. The third-order valence-corrected chi connectivity index (χ3v) is 3.70. The number of hydrogen-bond acceptors (Lipinski definition) is 3. The molecule has 0 aliphatic heterocycles. The van der Waals surface area contributed by atoms with E-state index in [0.29, 0.717) is 20.7 Å². The van der Waals surface area contributed by atoms with Gasteiger partial charge >= 0.3 is 5.97 Å². The average molecular weight is 307 g/mol. The maximum absolute atomic E-state index is 11.3. The maximum Gasteiger partial charge on any atom is 0.347 e. The third-order valence-electron chi connectivity index (χ3n) is 1.29. The summed E-state index contributed by atoms with van der Waals surface area (Å²) in [7, 11) is 0. The average Bonchev–Trinajstić information content (AvgIpc) is 2.47. The van der Waals surface area contributed by atoms with Crippen molar-refractivity contribution in [3.05, 3.63) is 25.2 Å². The molecule has 3 nitrogen and oxygen atoms in total. The van der Waals surface area contributed by atoms with Crippen molar-refractivity contribution in [1.29, 1.82) is 0 Å². The van der Waals surface area contributed by atoms with E-state index in [2.05, 4.69) is 4.85 Å². The summed E-state index contributed by atoms with van der Waals surface area (Å²) in [5.41, 5.74) is 0.522. The van der Waals surface area contributed by atoms with E-state index < -0.39 is 0 Å². The first-order valence-corrected chi connectivity index (χ1v) is 5.48. The van der Waals surface area contributed by atoms with E-state index >= 15 is 0 Å². The predicted octanol–water partition coefficient (Wildman–Crippen LogP) is 3.08. The lowest BCUT2D eigenvalue weighted by Crippen LogP contribution is -2.03. The van der Waals surface area contributed by atoms with Crippen LogP contribution in [-0.2, 0) is 4.74 Å². The molecular formula is C8H6INO2S. The third kappa shape index (κ3) is 2.19. The normalized spacial score (nSPS) is 9.31. The van der Waals surface area contributed by atoms with Gasteiger partial charge in [0, 0.05) is 3.57 Å². The van der Waals surface area contributed by atoms with E-state index in [-0.39, 0.29) is 5.97 Å². The summed E-state index contributed by atoms with van der Waals surface area (Å²) in [6.45, 7) is 8.93. The molecular weight excluding hydrogens is 301 g/mol. The molecule has 1 aromatic rings. The molecule has 13 heavy (non-hydrogen) atoms. The molecule has 1 aromatic heterocycles. The van der Waals surface area contributed by atoms with Crippen LogP contribution < -0.4 is 0 Å². The van der Waals surface area contributed by atoms with Crippen molar-refractivity contribution in [1.82, 2.24) is 0 Å². The topological polar surface area (TPSA) is 30.7 Å². The zero-order chi connectivity index (χ0) is 9.84. The number of rotatable bonds is 2. The SMILES string of the molecule is [C-]#[N+]c1csc(C(=O)OCC)c1I. The first-order chi connectivity index (χ1) is 6.20. The fraction of sp³-hybridized carbons (Fsp3) is 0.250. The molecule has 0 aliphatic carbocycles. The number of ether oxygens (including phenoxy) is 1. The zero-order valence-electron chi connectivity index (χ0n) is 6.83. The minimum Gasteiger partial charge on any atom is -0.462 e. The Hall–Kier alpha value is -0.610. The smallest absolute Gasteiger partial charge is 0.347 e. The second-order valence-corrected chi connectivity index (χ2v) is 4.05. The summed E-state index contributed by atoms with van der Waals surface area (Å²) >= 11 is 3.24. The fourth-order valence-corrected chi connectivity index (χ4v) is 2.60. The molecule has 1 heterocycles. The number of hydrogen-bond donors (Lipinski definition) is 0. The Kier molecular flexibility index (Phi) is 3.69. The lowest BCUT2D eigenvalue weighted by atomic mass is 10.4. The van der Waals surface area contributed by atoms with Gasteiger partial charge in [-0.05, 0) is 12.3 Å². The van der Waals surface area contributed by atoms with Gasteiger partial charge in [0.15, 0.2) is 0 Å². The van der Waals surface area contributed by atoms with Crippen LogP contribution in [0.3, 0.4) is 0 Å². The lowest BCUT2D eigenvalue weighted by molar-refractivity contribution is 0.0531. The Balaban J connectivity index is 2.97. The van der Waals surface area contributed by atoms with E-state index in [0.717, 1.165) is 0 Å². The van der Waals surface area contributed by atoms with Gasteiger partial charge in [-0.1, -0.05) is 22.6 Å². The van der Waals surface area contributed by atoms with Gasteiger partial charge in [0.1, 0.15) is 4.88 Å². The van der Waals surface area contributed by atoms with Crippen LogP contribution in [0.25, 0.3) is 4.85 Å². The van der Waals surface area contributed by atoms with Gasteiger partial charge in [0.2, 0.25) is 5.69 Å². The van der Waals surface area contributed by atoms with Crippen molar-refractivity contribution in [3.8, 4) is 0 Å². The molecule has 0 spiro atoms. The Labute approximate surface area is 93.7 Å². The van der Waals surface area contributed by atoms with Gasteiger partial charge in [0.05, 0.1) is 13.2 Å². The molecule has 0 saturated carbocycles. The van der Waals surface area contributed by atoms with Crippen molar-refractivity contribution in [2.75, 3.05) is 6.61 Å².